The molecule has 2 aromatic carbocycles. The highest BCUT2D eigenvalue weighted by atomic mass is 19.1. The molecule has 5 rings (SSSR count). The zero-order valence-electron chi connectivity index (χ0n) is 18.6. The first-order valence-corrected chi connectivity index (χ1v) is 11.7. The van der Waals surface area contributed by atoms with Crippen molar-refractivity contribution >= 4 is 17.3 Å². The van der Waals surface area contributed by atoms with Crippen molar-refractivity contribution in [3.63, 3.8) is 0 Å². The van der Waals surface area contributed by atoms with Crippen molar-refractivity contribution in [3.8, 4) is 11.4 Å². The van der Waals surface area contributed by atoms with Gasteiger partial charge in [0.05, 0.1) is 5.69 Å². The molecule has 2 aliphatic heterocycles. The maximum atomic E-state index is 14.0. The zero-order chi connectivity index (χ0) is 22.6. The van der Waals surface area contributed by atoms with E-state index in [0.29, 0.717) is 37.7 Å². The predicted molar refractivity (Wildman–Crippen MR) is 125 cm³/mol. The zero-order valence-corrected chi connectivity index (χ0v) is 18.6. The molecule has 1 amide bonds. The van der Waals surface area contributed by atoms with Crippen LogP contribution in [0.25, 0.3) is 11.4 Å². The quantitative estimate of drug-likeness (QED) is 0.594. The van der Waals surface area contributed by atoms with Gasteiger partial charge in [-0.1, -0.05) is 30.1 Å². The molecule has 2 aliphatic rings. The summed E-state index contributed by atoms with van der Waals surface area (Å²) in [6.45, 7) is 4.21. The minimum atomic E-state index is -0.289. The maximum Gasteiger partial charge on any atom is 0.316 e. The molecule has 33 heavy (non-hydrogen) atoms. The molecular formula is C25H28FN5O2. The predicted octanol–water partition coefficient (Wildman–Crippen LogP) is 4.22. The van der Waals surface area contributed by atoms with Gasteiger partial charge in [-0.3, -0.25) is 4.79 Å². The van der Waals surface area contributed by atoms with Gasteiger partial charge in [0.1, 0.15) is 5.82 Å². The third-order valence-electron chi connectivity index (χ3n) is 6.47. The number of nitrogens with zero attached hydrogens (tertiary/aromatic N) is 5. The monoisotopic (exact) mass is 449 g/mol. The van der Waals surface area contributed by atoms with E-state index in [9.17, 15) is 9.18 Å². The van der Waals surface area contributed by atoms with Gasteiger partial charge < -0.3 is 19.2 Å². The summed E-state index contributed by atoms with van der Waals surface area (Å²) in [5.41, 5.74) is 2.59. The van der Waals surface area contributed by atoms with Crippen LogP contribution in [0.15, 0.2) is 53.1 Å². The van der Waals surface area contributed by atoms with E-state index in [1.54, 1.807) is 17.0 Å². The van der Waals surface area contributed by atoms with Crippen LogP contribution in [-0.2, 0) is 0 Å². The number of rotatable bonds is 4. The molecule has 0 radical (unpaired) electrons. The molecule has 0 unspecified atom stereocenters. The van der Waals surface area contributed by atoms with E-state index in [4.69, 9.17) is 4.52 Å². The molecule has 0 spiro atoms. The summed E-state index contributed by atoms with van der Waals surface area (Å²) in [5.74, 6) is -0.143. The van der Waals surface area contributed by atoms with Crippen molar-refractivity contribution in [3.05, 3.63) is 60.2 Å². The molecule has 0 saturated carbocycles. The van der Waals surface area contributed by atoms with Gasteiger partial charge in [-0.2, -0.15) is 4.98 Å². The van der Waals surface area contributed by atoms with Crippen LogP contribution in [0.4, 0.5) is 15.8 Å². The molecule has 0 bridgehead atoms. The molecule has 8 heteroatoms. The molecule has 7 nitrogen and oxygen atoms in total. The van der Waals surface area contributed by atoms with Crippen LogP contribution >= 0.6 is 0 Å². The van der Waals surface area contributed by atoms with E-state index in [2.05, 4.69) is 27.2 Å². The van der Waals surface area contributed by atoms with Crippen molar-refractivity contribution in [2.45, 2.75) is 25.7 Å². The normalized spacial score (nSPS) is 17.2. The summed E-state index contributed by atoms with van der Waals surface area (Å²) >= 11 is 0. The van der Waals surface area contributed by atoms with E-state index in [0.717, 1.165) is 18.7 Å². The maximum absolute atomic E-state index is 14.0. The second-order valence-electron chi connectivity index (χ2n) is 8.60. The Kier molecular flexibility index (Phi) is 6.24. The average Bonchev–Trinajstić information content (AvgIpc) is 3.20. The first-order valence-electron chi connectivity index (χ1n) is 11.7. The van der Waals surface area contributed by atoms with Crippen LogP contribution in [0.1, 0.15) is 36.4 Å². The lowest BCUT2D eigenvalue weighted by molar-refractivity contribution is 0.0696. The van der Waals surface area contributed by atoms with Gasteiger partial charge in [0.2, 0.25) is 5.82 Å². The molecule has 2 fully saturated rings. The molecule has 172 valence electrons. The van der Waals surface area contributed by atoms with Crippen molar-refractivity contribution < 1.29 is 13.7 Å². The Morgan fingerprint density at radius 1 is 0.818 bits per heavy atom. The number of aromatic nitrogens is 2. The van der Waals surface area contributed by atoms with Gasteiger partial charge in [0, 0.05) is 50.5 Å². The lowest BCUT2D eigenvalue weighted by Crippen LogP contribution is -2.49. The highest BCUT2D eigenvalue weighted by Crippen LogP contribution is 2.24. The van der Waals surface area contributed by atoms with E-state index in [-0.39, 0.29) is 17.6 Å². The van der Waals surface area contributed by atoms with Crippen molar-refractivity contribution in [1.82, 2.24) is 15.0 Å². The largest absolute Gasteiger partial charge is 0.372 e. The average molecular weight is 450 g/mol. The topological polar surface area (TPSA) is 65.7 Å². The molecule has 3 heterocycles. The number of hydrogen-bond acceptors (Lipinski definition) is 6. The SMILES string of the molecule is O=C(c1nc(-c2ccc(N3CCCCCC3)cc2)no1)N1CCN(c2ccccc2F)CC1. The molecule has 2 saturated heterocycles. The summed E-state index contributed by atoms with van der Waals surface area (Å²) in [7, 11) is 0. The summed E-state index contributed by atoms with van der Waals surface area (Å²) in [4.78, 5) is 23.3. The highest BCUT2D eigenvalue weighted by Gasteiger charge is 2.27. The van der Waals surface area contributed by atoms with Crippen LogP contribution in [0.5, 0.6) is 0 Å². The second-order valence-corrected chi connectivity index (χ2v) is 8.60. The number of carbonyl (C=O) groups excluding carboxylic acids is 1. The second kappa shape index (κ2) is 9.60. The van der Waals surface area contributed by atoms with Crippen LogP contribution in [-0.4, -0.2) is 60.2 Å². The Labute approximate surface area is 192 Å². The minimum absolute atomic E-state index is 0.0130. The fraction of sp³-hybridized carbons (Fsp3) is 0.400. The minimum Gasteiger partial charge on any atom is -0.372 e. The highest BCUT2D eigenvalue weighted by molar-refractivity contribution is 5.90. The third kappa shape index (κ3) is 4.69. The Morgan fingerprint density at radius 3 is 2.21 bits per heavy atom. The summed E-state index contributed by atoms with van der Waals surface area (Å²) < 4.78 is 19.3. The Bertz CT molecular complexity index is 1080. The van der Waals surface area contributed by atoms with Crippen LogP contribution in [0.3, 0.4) is 0 Å². The number of halogens is 1. The Balaban J connectivity index is 1.21. The van der Waals surface area contributed by atoms with Gasteiger partial charge in [-0.05, 0) is 49.2 Å². The number of amides is 1. The van der Waals surface area contributed by atoms with Crippen molar-refractivity contribution in [2.24, 2.45) is 0 Å². The molecule has 0 N–H and O–H groups in total. The number of benzene rings is 2. The van der Waals surface area contributed by atoms with E-state index in [1.165, 1.54) is 37.4 Å². The standard InChI is InChI=1S/C25H28FN5O2/c26-21-7-3-4-8-22(21)30-15-17-31(18-16-30)25(32)24-27-23(28-33-24)19-9-11-20(12-10-19)29-13-5-1-2-6-14-29/h3-4,7-12H,1-2,5-6,13-18H2. The number of hydrogen-bond donors (Lipinski definition) is 0. The first kappa shape index (κ1) is 21.4. The summed E-state index contributed by atoms with van der Waals surface area (Å²) in [6, 6.07) is 14.8. The third-order valence-corrected chi connectivity index (χ3v) is 6.47. The number of para-hydroxylation sites is 1. The Morgan fingerprint density at radius 2 is 1.52 bits per heavy atom. The van der Waals surface area contributed by atoms with Gasteiger partial charge in [-0.25, -0.2) is 4.39 Å². The lowest BCUT2D eigenvalue weighted by atomic mass is 10.2. The van der Waals surface area contributed by atoms with E-state index in [1.807, 2.05) is 23.1 Å². The van der Waals surface area contributed by atoms with E-state index < -0.39 is 0 Å². The molecule has 0 aliphatic carbocycles. The van der Waals surface area contributed by atoms with Crippen LogP contribution in [0, 0.1) is 5.82 Å². The Hall–Kier alpha value is -3.42. The molecule has 0 atom stereocenters. The lowest BCUT2D eigenvalue weighted by Gasteiger charge is -2.35. The van der Waals surface area contributed by atoms with Gasteiger partial charge in [-0.15, -0.1) is 0 Å². The number of piperazine rings is 1. The molecule has 1 aromatic heterocycles. The summed E-state index contributed by atoms with van der Waals surface area (Å²) in [6.07, 6.45) is 5.05. The number of carbonyl (C=O) groups is 1. The van der Waals surface area contributed by atoms with E-state index >= 15 is 0 Å². The van der Waals surface area contributed by atoms with Crippen LogP contribution < -0.4 is 9.80 Å². The molecular weight excluding hydrogens is 421 g/mol. The number of anilines is 2. The van der Waals surface area contributed by atoms with Crippen molar-refractivity contribution in [1.29, 1.82) is 0 Å². The smallest absolute Gasteiger partial charge is 0.316 e. The van der Waals surface area contributed by atoms with Crippen LogP contribution in [0.2, 0.25) is 0 Å². The fourth-order valence-corrected chi connectivity index (χ4v) is 4.57. The van der Waals surface area contributed by atoms with Crippen molar-refractivity contribution in [2.75, 3.05) is 49.1 Å². The van der Waals surface area contributed by atoms with Gasteiger partial charge >= 0.3 is 11.8 Å². The van der Waals surface area contributed by atoms with Gasteiger partial charge in [0.25, 0.3) is 0 Å². The van der Waals surface area contributed by atoms with Gasteiger partial charge in [0.15, 0.2) is 0 Å². The molecule has 3 aromatic rings. The first-order chi connectivity index (χ1) is 16.2. The fourth-order valence-electron chi connectivity index (χ4n) is 4.57. The summed E-state index contributed by atoms with van der Waals surface area (Å²) in [5, 5.41) is 4.03.